The normalized spacial score (nSPS) is 15.2. The third kappa shape index (κ3) is 2.42. The molecule has 0 radical (unpaired) electrons. The fourth-order valence-corrected chi connectivity index (χ4v) is 4.41. The van der Waals surface area contributed by atoms with Gasteiger partial charge in [-0.2, -0.15) is 0 Å². The van der Waals surface area contributed by atoms with E-state index in [0.717, 1.165) is 41.0 Å². The lowest BCUT2D eigenvalue weighted by Crippen LogP contribution is -2.26. The van der Waals surface area contributed by atoms with Crippen molar-refractivity contribution >= 4 is 21.6 Å². The minimum absolute atomic E-state index is 0.0507. The number of rotatable bonds is 3. The first-order chi connectivity index (χ1) is 11.7. The van der Waals surface area contributed by atoms with E-state index in [2.05, 4.69) is 10.3 Å². The van der Waals surface area contributed by atoms with Crippen LogP contribution >= 0.6 is 11.3 Å². The molecule has 0 amide bonds. The highest BCUT2D eigenvalue weighted by molar-refractivity contribution is 7.18. The van der Waals surface area contributed by atoms with E-state index < -0.39 is 0 Å². The van der Waals surface area contributed by atoms with Gasteiger partial charge in [0.25, 0.3) is 5.56 Å². The minimum Gasteiger partial charge on any atom is -0.497 e. The summed E-state index contributed by atoms with van der Waals surface area (Å²) in [4.78, 5) is 19.8. The first kappa shape index (κ1) is 15.4. The van der Waals surface area contributed by atoms with E-state index in [1.807, 2.05) is 31.2 Å². The average Bonchev–Trinajstić information content (AvgIpc) is 3.01. The van der Waals surface area contributed by atoms with Crippen molar-refractivity contribution in [3.8, 4) is 5.75 Å². The van der Waals surface area contributed by atoms with Crippen LogP contribution in [0.25, 0.3) is 10.2 Å². The number of thiophene rings is 1. The summed E-state index contributed by atoms with van der Waals surface area (Å²) in [7, 11) is 1.65. The van der Waals surface area contributed by atoms with Gasteiger partial charge in [-0.1, -0.05) is 12.1 Å². The monoisotopic (exact) mass is 341 g/mol. The third-order valence-electron chi connectivity index (χ3n) is 4.65. The number of hydrogen-bond donors (Lipinski definition) is 1. The standard InChI is InChI=1S/C18H19N3O2S/c1-11(12-4-3-5-13(8-12)23-2)21-10-20-17-16(18(21)22)14-6-7-19-9-15(14)24-17/h3-5,8,10-11,19H,6-7,9H2,1-2H3. The van der Waals surface area contributed by atoms with Gasteiger partial charge in [-0.3, -0.25) is 9.36 Å². The number of nitrogens with one attached hydrogen (secondary N) is 1. The van der Waals surface area contributed by atoms with Crippen LogP contribution in [0, 0.1) is 0 Å². The molecule has 1 unspecified atom stereocenters. The van der Waals surface area contributed by atoms with Crippen LogP contribution in [0.5, 0.6) is 5.75 Å². The van der Waals surface area contributed by atoms with Gasteiger partial charge in [0.05, 0.1) is 24.9 Å². The molecule has 5 nitrogen and oxygen atoms in total. The molecular weight excluding hydrogens is 322 g/mol. The summed E-state index contributed by atoms with van der Waals surface area (Å²) in [5.74, 6) is 0.792. The Hall–Kier alpha value is -2.18. The van der Waals surface area contributed by atoms with Gasteiger partial charge >= 0.3 is 0 Å². The molecule has 0 saturated carbocycles. The third-order valence-corrected chi connectivity index (χ3v) is 5.79. The maximum atomic E-state index is 13.1. The van der Waals surface area contributed by atoms with Gasteiger partial charge in [0, 0.05) is 11.4 Å². The molecule has 1 aromatic carbocycles. The molecule has 3 heterocycles. The molecule has 1 aliphatic heterocycles. The van der Waals surface area contributed by atoms with Crippen LogP contribution in [0.4, 0.5) is 0 Å². The molecule has 0 spiro atoms. The molecule has 0 saturated heterocycles. The zero-order chi connectivity index (χ0) is 16.7. The molecule has 1 atom stereocenters. The fraction of sp³-hybridized carbons (Fsp3) is 0.333. The average molecular weight is 341 g/mol. The zero-order valence-electron chi connectivity index (χ0n) is 13.7. The molecule has 0 aliphatic carbocycles. The predicted molar refractivity (Wildman–Crippen MR) is 96.1 cm³/mol. The van der Waals surface area contributed by atoms with Crippen molar-refractivity contribution in [3.63, 3.8) is 0 Å². The molecule has 124 valence electrons. The number of methoxy groups -OCH3 is 1. The summed E-state index contributed by atoms with van der Waals surface area (Å²) in [5, 5.41) is 4.16. The van der Waals surface area contributed by atoms with Crippen LogP contribution in [0.1, 0.15) is 29.0 Å². The van der Waals surface area contributed by atoms with Crippen molar-refractivity contribution < 1.29 is 4.74 Å². The van der Waals surface area contributed by atoms with Crippen molar-refractivity contribution in [1.82, 2.24) is 14.9 Å². The quantitative estimate of drug-likeness (QED) is 0.796. The van der Waals surface area contributed by atoms with Gasteiger partial charge in [0.15, 0.2) is 0 Å². The van der Waals surface area contributed by atoms with Crippen LogP contribution in [-0.4, -0.2) is 23.2 Å². The smallest absolute Gasteiger partial charge is 0.262 e. The topological polar surface area (TPSA) is 56.2 Å². The van der Waals surface area contributed by atoms with E-state index in [0.29, 0.717) is 0 Å². The molecule has 6 heteroatoms. The molecule has 1 N–H and O–H groups in total. The highest BCUT2D eigenvalue weighted by Gasteiger charge is 2.21. The number of benzene rings is 1. The van der Waals surface area contributed by atoms with Crippen molar-refractivity contribution in [1.29, 1.82) is 0 Å². The van der Waals surface area contributed by atoms with Crippen LogP contribution in [-0.2, 0) is 13.0 Å². The first-order valence-electron chi connectivity index (χ1n) is 8.05. The molecule has 4 rings (SSSR count). The number of nitrogens with zero attached hydrogens (tertiary/aromatic N) is 2. The molecule has 0 bridgehead atoms. The van der Waals surface area contributed by atoms with E-state index in [-0.39, 0.29) is 11.6 Å². The van der Waals surface area contributed by atoms with Gasteiger partial charge in [-0.05, 0) is 43.1 Å². The first-order valence-corrected chi connectivity index (χ1v) is 8.86. The Balaban J connectivity index is 1.84. The van der Waals surface area contributed by atoms with Gasteiger partial charge < -0.3 is 10.1 Å². The Morgan fingerprint density at radius 3 is 3.12 bits per heavy atom. The summed E-state index contributed by atoms with van der Waals surface area (Å²) in [6, 6.07) is 7.73. The maximum Gasteiger partial charge on any atom is 0.262 e. The summed E-state index contributed by atoms with van der Waals surface area (Å²) in [5.41, 5.74) is 2.26. The number of ether oxygens (including phenoxy) is 1. The fourth-order valence-electron chi connectivity index (χ4n) is 3.27. The van der Waals surface area contributed by atoms with E-state index in [1.54, 1.807) is 29.3 Å². The molecule has 3 aromatic rings. The van der Waals surface area contributed by atoms with Gasteiger partial charge in [-0.15, -0.1) is 11.3 Å². The molecule has 24 heavy (non-hydrogen) atoms. The second-order valence-electron chi connectivity index (χ2n) is 6.02. The SMILES string of the molecule is COc1cccc(C(C)n2cnc3sc4c(c3c2=O)CCNC4)c1. The Labute approximate surface area is 143 Å². The van der Waals surface area contributed by atoms with Gasteiger partial charge in [0.2, 0.25) is 0 Å². The Kier molecular flexibility index (Phi) is 3.86. The highest BCUT2D eigenvalue weighted by Crippen LogP contribution is 2.30. The van der Waals surface area contributed by atoms with Crippen LogP contribution < -0.4 is 15.6 Å². The number of hydrogen-bond acceptors (Lipinski definition) is 5. The summed E-state index contributed by atoms with van der Waals surface area (Å²) in [6.45, 7) is 3.77. The van der Waals surface area contributed by atoms with Gasteiger partial charge in [0.1, 0.15) is 10.6 Å². The summed E-state index contributed by atoms with van der Waals surface area (Å²) >= 11 is 1.63. The lowest BCUT2D eigenvalue weighted by Gasteiger charge is -2.16. The van der Waals surface area contributed by atoms with Crippen molar-refractivity contribution in [2.24, 2.45) is 0 Å². The predicted octanol–water partition coefficient (Wildman–Crippen LogP) is 2.72. The van der Waals surface area contributed by atoms with Crippen molar-refractivity contribution in [2.45, 2.75) is 25.9 Å². The lowest BCUT2D eigenvalue weighted by molar-refractivity contribution is 0.413. The Bertz CT molecular complexity index is 961. The van der Waals surface area contributed by atoms with Crippen molar-refractivity contribution in [3.05, 3.63) is 57.0 Å². The van der Waals surface area contributed by atoms with Crippen LogP contribution in [0.15, 0.2) is 35.4 Å². The molecular formula is C18H19N3O2S. The minimum atomic E-state index is -0.0956. The maximum absolute atomic E-state index is 13.1. The van der Waals surface area contributed by atoms with E-state index in [9.17, 15) is 4.79 Å². The van der Waals surface area contributed by atoms with Crippen LogP contribution in [0.2, 0.25) is 0 Å². The largest absolute Gasteiger partial charge is 0.497 e. The molecule has 1 aliphatic rings. The number of aromatic nitrogens is 2. The number of fused-ring (bicyclic) bond motifs is 3. The second kappa shape index (κ2) is 6.03. The van der Waals surface area contributed by atoms with Crippen LogP contribution in [0.3, 0.4) is 0 Å². The second-order valence-corrected chi connectivity index (χ2v) is 7.10. The lowest BCUT2D eigenvalue weighted by atomic mass is 10.1. The molecule has 0 fully saturated rings. The van der Waals surface area contributed by atoms with Gasteiger partial charge in [-0.25, -0.2) is 4.98 Å². The van der Waals surface area contributed by atoms with E-state index in [1.165, 1.54) is 10.4 Å². The Morgan fingerprint density at radius 1 is 1.42 bits per heavy atom. The summed E-state index contributed by atoms with van der Waals surface area (Å²) in [6.07, 6.45) is 2.56. The molecule has 2 aromatic heterocycles. The van der Waals surface area contributed by atoms with E-state index >= 15 is 0 Å². The van der Waals surface area contributed by atoms with E-state index in [4.69, 9.17) is 4.74 Å². The zero-order valence-corrected chi connectivity index (χ0v) is 14.5. The van der Waals surface area contributed by atoms with Crippen molar-refractivity contribution in [2.75, 3.05) is 13.7 Å². The Morgan fingerprint density at radius 2 is 2.29 bits per heavy atom. The highest BCUT2D eigenvalue weighted by atomic mass is 32.1. The summed E-state index contributed by atoms with van der Waals surface area (Å²) < 4.78 is 7.02.